The fourth-order valence-electron chi connectivity index (χ4n) is 2.75. The highest BCUT2D eigenvalue weighted by molar-refractivity contribution is 7.17. The number of hydrogen-bond donors (Lipinski definition) is 1. The molecular weight excluding hydrogens is 284 g/mol. The highest BCUT2D eigenvalue weighted by Gasteiger charge is 2.42. The SMILES string of the molecule is CC(=O)CCC1(N)CN(C(=O)c2csc3ccccc23)C1. The van der Waals surface area contributed by atoms with E-state index >= 15 is 0 Å². The molecule has 0 spiro atoms. The van der Waals surface area contributed by atoms with Gasteiger partial charge in [-0.05, 0) is 19.4 Å². The van der Waals surface area contributed by atoms with Crippen LogP contribution in [0.1, 0.15) is 30.1 Å². The number of carbonyl (C=O) groups excluding carboxylic acids is 2. The van der Waals surface area contributed by atoms with Crippen LogP contribution in [-0.2, 0) is 4.79 Å². The molecule has 2 aromatic rings. The second kappa shape index (κ2) is 5.24. The molecule has 0 radical (unpaired) electrons. The van der Waals surface area contributed by atoms with Crippen LogP contribution in [0.3, 0.4) is 0 Å². The van der Waals surface area contributed by atoms with Crippen molar-refractivity contribution in [2.75, 3.05) is 13.1 Å². The van der Waals surface area contributed by atoms with Crippen molar-refractivity contribution < 1.29 is 9.59 Å². The number of carbonyl (C=O) groups is 2. The highest BCUT2D eigenvalue weighted by atomic mass is 32.1. The number of fused-ring (bicyclic) bond motifs is 1. The van der Waals surface area contributed by atoms with Gasteiger partial charge < -0.3 is 15.4 Å². The lowest BCUT2D eigenvalue weighted by molar-refractivity contribution is -0.117. The topological polar surface area (TPSA) is 63.4 Å². The minimum atomic E-state index is -0.396. The molecule has 0 atom stereocenters. The number of nitrogens with two attached hydrogens (primary N) is 1. The predicted molar refractivity (Wildman–Crippen MR) is 84.6 cm³/mol. The summed E-state index contributed by atoms with van der Waals surface area (Å²) < 4.78 is 1.12. The van der Waals surface area contributed by atoms with Crippen molar-refractivity contribution >= 4 is 33.1 Å². The standard InChI is InChI=1S/C16H18N2O2S/c1-11(19)6-7-16(17)9-18(10-16)15(20)13-8-21-14-5-3-2-4-12(13)14/h2-5,8H,6-7,9-10,17H2,1H3. The van der Waals surface area contributed by atoms with Gasteiger partial charge in [0.15, 0.2) is 0 Å². The Hall–Kier alpha value is -1.72. The molecule has 5 heteroatoms. The Kier molecular flexibility index (Phi) is 3.55. The fraction of sp³-hybridized carbons (Fsp3) is 0.375. The van der Waals surface area contributed by atoms with E-state index in [0.29, 0.717) is 25.9 Å². The Morgan fingerprint density at radius 2 is 2.05 bits per heavy atom. The molecule has 1 aliphatic heterocycles. The van der Waals surface area contributed by atoms with Crippen LogP contribution in [0.25, 0.3) is 10.1 Å². The summed E-state index contributed by atoms with van der Waals surface area (Å²) in [7, 11) is 0. The molecule has 1 aromatic heterocycles. The lowest BCUT2D eigenvalue weighted by Crippen LogP contribution is -2.68. The van der Waals surface area contributed by atoms with E-state index in [2.05, 4.69) is 0 Å². The van der Waals surface area contributed by atoms with Crippen molar-refractivity contribution in [3.8, 4) is 0 Å². The van der Waals surface area contributed by atoms with Gasteiger partial charge in [0.2, 0.25) is 0 Å². The Bertz CT molecular complexity index is 701. The van der Waals surface area contributed by atoms with Gasteiger partial charge in [-0.2, -0.15) is 0 Å². The van der Waals surface area contributed by atoms with Crippen LogP contribution in [0.15, 0.2) is 29.6 Å². The van der Waals surface area contributed by atoms with E-state index in [9.17, 15) is 9.59 Å². The summed E-state index contributed by atoms with van der Waals surface area (Å²) >= 11 is 1.58. The number of nitrogens with zero attached hydrogens (tertiary/aromatic N) is 1. The van der Waals surface area contributed by atoms with Gasteiger partial charge in [0.1, 0.15) is 5.78 Å². The highest BCUT2D eigenvalue weighted by Crippen LogP contribution is 2.30. The van der Waals surface area contributed by atoms with Crippen molar-refractivity contribution in [1.82, 2.24) is 4.90 Å². The third-order valence-corrected chi connectivity index (χ3v) is 4.95. The maximum atomic E-state index is 12.5. The van der Waals surface area contributed by atoms with Crippen LogP contribution in [0.2, 0.25) is 0 Å². The molecule has 1 amide bonds. The van der Waals surface area contributed by atoms with E-state index in [-0.39, 0.29) is 11.7 Å². The summed E-state index contributed by atoms with van der Waals surface area (Å²) in [6, 6.07) is 7.92. The first-order valence-electron chi connectivity index (χ1n) is 7.02. The lowest BCUT2D eigenvalue weighted by atomic mass is 9.85. The van der Waals surface area contributed by atoms with Crippen LogP contribution in [0.5, 0.6) is 0 Å². The number of thiophene rings is 1. The number of ketones is 1. The summed E-state index contributed by atoms with van der Waals surface area (Å²) in [5.74, 6) is 0.185. The van der Waals surface area contributed by atoms with E-state index < -0.39 is 5.54 Å². The van der Waals surface area contributed by atoms with Gasteiger partial charge in [-0.1, -0.05) is 18.2 Å². The summed E-state index contributed by atoms with van der Waals surface area (Å²) in [5.41, 5.74) is 6.56. The van der Waals surface area contributed by atoms with Crippen LogP contribution in [-0.4, -0.2) is 35.2 Å². The maximum absolute atomic E-state index is 12.5. The average Bonchev–Trinajstić information content (AvgIpc) is 2.85. The van der Waals surface area contributed by atoms with Gasteiger partial charge >= 0.3 is 0 Å². The first-order valence-corrected chi connectivity index (χ1v) is 7.90. The van der Waals surface area contributed by atoms with E-state index in [0.717, 1.165) is 15.6 Å². The second-order valence-electron chi connectivity index (χ2n) is 5.87. The number of benzene rings is 1. The van der Waals surface area contributed by atoms with Gasteiger partial charge in [0.25, 0.3) is 5.91 Å². The zero-order valence-corrected chi connectivity index (χ0v) is 12.8. The second-order valence-corrected chi connectivity index (χ2v) is 6.78. The third-order valence-electron chi connectivity index (χ3n) is 3.99. The van der Waals surface area contributed by atoms with Crippen LogP contribution in [0.4, 0.5) is 0 Å². The molecule has 2 N–H and O–H groups in total. The minimum absolute atomic E-state index is 0.0383. The Morgan fingerprint density at radius 1 is 1.33 bits per heavy atom. The van der Waals surface area contributed by atoms with Crippen LogP contribution >= 0.6 is 11.3 Å². The number of hydrogen-bond acceptors (Lipinski definition) is 4. The van der Waals surface area contributed by atoms with Gasteiger partial charge in [0.05, 0.1) is 11.1 Å². The van der Waals surface area contributed by atoms with Gasteiger partial charge in [-0.25, -0.2) is 0 Å². The normalized spacial score (nSPS) is 16.8. The van der Waals surface area contributed by atoms with Crippen molar-refractivity contribution in [3.05, 3.63) is 35.2 Å². The number of rotatable bonds is 4. The quantitative estimate of drug-likeness (QED) is 0.943. The zero-order valence-electron chi connectivity index (χ0n) is 12.0. The van der Waals surface area contributed by atoms with E-state index in [1.54, 1.807) is 23.2 Å². The van der Waals surface area contributed by atoms with E-state index in [4.69, 9.17) is 5.73 Å². The molecule has 1 saturated heterocycles. The maximum Gasteiger partial charge on any atom is 0.255 e. The summed E-state index contributed by atoms with van der Waals surface area (Å²) in [6.07, 6.45) is 1.14. The molecule has 1 aromatic carbocycles. The molecule has 21 heavy (non-hydrogen) atoms. The molecule has 0 saturated carbocycles. The lowest BCUT2D eigenvalue weighted by Gasteiger charge is -2.47. The molecule has 1 fully saturated rings. The van der Waals surface area contributed by atoms with Gasteiger partial charge in [-0.3, -0.25) is 4.79 Å². The Labute approximate surface area is 127 Å². The fourth-order valence-corrected chi connectivity index (χ4v) is 3.69. The molecule has 0 unspecified atom stereocenters. The Balaban J connectivity index is 1.69. The van der Waals surface area contributed by atoms with Crippen LogP contribution < -0.4 is 5.73 Å². The van der Waals surface area contributed by atoms with Gasteiger partial charge in [0, 0.05) is 35.0 Å². The molecule has 0 aliphatic carbocycles. The van der Waals surface area contributed by atoms with Crippen molar-refractivity contribution in [2.45, 2.75) is 25.3 Å². The number of Topliss-reactive ketones (excluding diaryl/α,β-unsaturated/α-hetero) is 1. The molecule has 110 valence electrons. The molecular formula is C16H18N2O2S. The number of likely N-dealkylation sites (tertiary alicyclic amines) is 1. The monoisotopic (exact) mass is 302 g/mol. The minimum Gasteiger partial charge on any atom is -0.335 e. The third kappa shape index (κ3) is 2.71. The molecule has 2 heterocycles. The molecule has 0 bridgehead atoms. The van der Waals surface area contributed by atoms with Crippen molar-refractivity contribution in [1.29, 1.82) is 0 Å². The Morgan fingerprint density at radius 3 is 2.76 bits per heavy atom. The van der Waals surface area contributed by atoms with E-state index in [1.807, 2.05) is 29.6 Å². The average molecular weight is 302 g/mol. The molecule has 4 nitrogen and oxygen atoms in total. The van der Waals surface area contributed by atoms with Crippen molar-refractivity contribution in [2.24, 2.45) is 5.73 Å². The smallest absolute Gasteiger partial charge is 0.255 e. The number of amides is 1. The first-order chi connectivity index (χ1) is 9.98. The largest absolute Gasteiger partial charge is 0.335 e. The summed E-state index contributed by atoms with van der Waals surface area (Å²) in [4.78, 5) is 25.4. The van der Waals surface area contributed by atoms with Crippen molar-refractivity contribution in [3.63, 3.8) is 0 Å². The molecule has 3 rings (SSSR count). The summed E-state index contributed by atoms with van der Waals surface area (Å²) in [5, 5.41) is 2.92. The zero-order chi connectivity index (χ0) is 15.0. The van der Waals surface area contributed by atoms with Crippen LogP contribution in [0, 0.1) is 0 Å². The van der Waals surface area contributed by atoms with E-state index in [1.165, 1.54) is 0 Å². The predicted octanol–water partition coefficient (Wildman–Crippen LogP) is 2.42. The summed E-state index contributed by atoms with van der Waals surface area (Å²) in [6.45, 7) is 2.63. The van der Waals surface area contributed by atoms with Gasteiger partial charge in [-0.15, -0.1) is 11.3 Å². The first kappa shape index (κ1) is 14.2. The molecule has 1 aliphatic rings.